The lowest BCUT2D eigenvalue weighted by Crippen LogP contribution is -2.35. The molecular formula is C16H22N4. The molecule has 20 heavy (non-hydrogen) atoms. The molecule has 0 saturated carbocycles. The lowest BCUT2D eigenvalue weighted by atomic mass is 9.98. The second-order valence-corrected chi connectivity index (χ2v) is 5.51. The first-order valence-electron chi connectivity index (χ1n) is 7.35. The number of hydrogen-bond acceptors (Lipinski definition) is 3. The Morgan fingerprint density at radius 3 is 2.75 bits per heavy atom. The molecule has 3 rings (SSSR count). The van der Waals surface area contributed by atoms with Crippen molar-refractivity contribution in [1.29, 1.82) is 0 Å². The summed E-state index contributed by atoms with van der Waals surface area (Å²) in [7, 11) is 2.14. The molecule has 1 aromatic carbocycles. The van der Waals surface area contributed by atoms with Gasteiger partial charge in [0.05, 0.1) is 0 Å². The molecule has 4 nitrogen and oxygen atoms in total. The van der Waals surface area contributed by atoms with E-state index in [-0.39, 0.29) is 0 Å². The van der Waals surface area contributed by atoms with E-state index in [1.165, 1.54) is 12.8 Å². The highest BCUT2D eigenvalue weighted by atomic mass is 15.3. The number of benzene rings is 1. The van der Waals surface area contributed by atoms with Gasteiger partial charge in [-0.15, -0.1) is 0 Å². The number of piperidine rings is 1. The Labute approximate surface area is 120 Å². The fraction of sp³-hybridized carbons (Fsp3) is 0.438. The van der Waals surface area contributed by atoms with E-state index in [2.05, 4.69) is 51.1 Å². The number of rotatable bonds is 4. The molecule has 1 saturated heterocycles. The third-order valence-electron chi connectivity index (χ3n) is 3.99. The summed E-state index contributed by atoms with van der Waals surface area (Å²) in [6.07, 6.45) is 6.43. The van der Waals surface area contributed by atoms with Crippen LogP contribution in [0.2, 0.25) is 0 Å². The minimum Gasteiger partial charge on any atom is -0.345 e. The van der Waals surface area contributed by atoms with Crippen LogP contribution in [0.3, 0.4) is 0 Å². The van der Waals surface area contributed by atoms with Crippen LogP contribution >= 0.6 is 0 Å². The fourth-order valence-electron chi connectivity index (χ4n) is 2.90. The van der Waals surface area contributed by atoms with Gasteiger partial charge in [0.1, 0.15) is 0 Å². The highest BCUT2D eigenvalue weighted by Gasteiger charge is 2.17. The highest BCUT2D eigenvalue weighted by Crippen LogP contribution is 2.20. The number of nitrogens with zero attached hydrogens (tertiary/aromatic N) is 3. The molecule has 1 N–H and O–H groups in total. The van der Waals surface area contributed by atoms with Crippen LogP contribution in [-0.4, -0.2) is 36.2 Å². The highest BCUT2D eigenvalue weighted by molar-refractivity contribution is 5.43. The Hall–Kier alpha value is -1.81. The van der Waals surface area contributed by atoms with Crippen LogP contribution in [0.15, 0.2) is 42.7 Å². The van der Waals surface area contributed by atoms with Crippen molar-refractivity contribution in [1.82, 2.24) is 14.9 Å². The van der Waals surface area contributed by atoms with Gasteiger partial charge in [-0.05, 0) is 44.0 Å². The van der Waals surface area contributed by atoms with Gasteiger partial charge in [0.25, 0.3) is 0 Å². The Morgan fingerprint density at radius 2 is 2.00 bits per heavy atom. The van der Waals surface area contributed by atoms with E-state index >= 15 is 0 Å². The largest absolute Gasteiger partial charge is 0.345 e. The van der Waals surface area contributed by atoms with Crippen molar-refractivity contribution in [2.45, 2.75) is 12.8 Å². The summed E-state index contributed by atoms with van der Waals surface area (Å²) < 4.78 is 2.15. The van der Waals surface area contributed by atoms with Crippen LogP contribution in [0.5, 0.6) is 0 Å². The standard InChI is InChI=1S/C16H22N4/c1-19(13-14-7-9-17-10-8-14)16-18-11-12-20(16)15-5-3-2-4-6-15/h2-6,11-12,14,17H,7-10,13H2,1H3. The number of aromatic nitrogens is 2. The Bertz CT molecular complexity index is 528. The molecule has 1 fully saturated rings. The summed E-state index contributed by atoms with van der Waals surface area (Å²) in [6, 6.07) is 10.4. The van der Waals surface area contributed by atoms with Crippen molar-refractivity contribution in [2.75, 3.05) is 31.6 Å². The molecular weight excluding hydrogens is 248 g/mol. The van der Waals surface area contributed by atoms with Crippen molar-refractivity contribution in [3.63, 3.8) is 0 Å². The van der Waals surface area contributed by atoms with Gasteiger partial charge in [0, 0.05) is 31.7 Å². The van der Waals surface area contributed by atoms with Crippen LogP contribution in [0.4, 0.5) is 5.95 Å². The average Bonchev–Trinajstić information content (AvgIpc) is 2.99. The Kier molecular flexibility index (Phi) is 4.02. The Balaban J connectivity index is 1.75. The van der Waals surface area contributed by atoms with Crippen LogP contribution < -0.4 is 10.2 Å². The average molecular weight is 270 g/mol. The molecule has 0 radical (unpaired) electrons. The molecule has 0 atom stereocenters. The van der Waals surface area contributed by atoms with E-state index in [0.717, 1.165) is 37.2 Å². The smallest absolute Gasteiger partial charge is 0.209 e. The second kappa shape index (κ2) is 6.09. The van der Waals surface area contributed by atoms with Crippen molar-refractivity contribution in [3.8, 4) is 5.69 Å². The van der Waals surface area contributed by atoms with E-state index in [4.69, 9.17) is 0 Å². The second-order valence-electron chi connectivity index (χ2n) is 5.51. The zero-order valence-electron chi connectivity index (χ0n) is 12.0. The third kappa shape index (κ3) is 2.85. The van der Waals surface area contributed by atoms with E-state index in [9.17, 15) is 0 Å². The number of para-hydroxylation sites is 1. The van der Waals surface area contributed by atoms with Crippen molar-refractivity contribution < 1.29 is 0 Å². The zero-order chi connectivity index (χ0) is 13.8. The van der Waals surface area contributed by atoms with Gasteiger partial charge in [-0.1, -0.05) is 18.2 Å². The van der Waals surface area contributed by atoms with Crippen LogP contribution in [0.1, 0.15) is 12.8 Å². The molecule has 2 aromatic rings. The summed E-state index contributed by atoms with van der Waals surface area (Å²) in [5.41, 5.74) is 1.16. The lowest BCUT2D eigenvalue weighted by molar-refractivity contribution is 0.376. The van der Waals surface area contributed by atoms with Gasteiger partial charge in [-0.3, -0.25) is 4.57 Å². The van der Waals surface area contributed by atoms with Crippen LogP contribution in [0, 0.1) is 5.92 Å². The van der Waals surface area contributed by atoms with Gasteiger partial charge >= 0.3 is 0 Å². The molecule has 2 heterocycles. The predicted octanol–water partition coefficient (Wildman–Crippen LogP) is 2.31. The van der Waals surface area contributed by atoms with Gasteiger partial charge in [0.15, 0.2) is 0 Å². The number of nitrogens with one attached hydrogen (secondary N) is 1. The maximum Gasteiger partial charge on any atom is 0.209 e. The molecule has 0 amide bonds. The minimum absolute atomic E-state index is 0.766. The molecule has 106 valence electrons. The first kappa shape index (κ1) is 13.2. The van der Waals surface area contributed by atoms with E-state index in [1.54, 1.807) is 0 Å². The number of hydrogen-bond donors (Lipinski definition) is 1. The summed E-state index contributed by atoms with van der Waals surface area (Å²) in [6.45, 7) is 3.36. The topological polar surface area (TPSA) is 33.1 Å². The van der Waals surface area contributed by atoms with E-state index < -0.39 is 0 Å². The van der Waals surface area contributed by atoms with Crippen molar-refractivity contribution in [3.05, 3.63) is 42.7 Å². The van der Waals surface area contributed by atoms with Gasteiger partial charge in [0.2, 0.25) is 5.95 Å². The number of imidazole rings is 1. The first-order chi connectivity index (χ1) is 9.84. The molecule has 1 aromatic heterocycles. The fourth-order valence-corrected chi connectivity index (χ4v) is 2.90. The summed E-state index contributed by atoms with van der Waals surface area (Å²) in [5.74, 6) is 1.79. The lowest BCUT2D eigenvalue weighted by Gasteiger charge is -2.28. The van der Waals surface area contributed by atoms with Crippen molar-refractivity contribution in [2.24, 2.45) is 5.92 Å². The molecule has 1 aliphatic rings. The maximum atomic E-state index is 4.53. The van der Waals surface area contributed by atoms with Gasteiger partial charge < -0.3 is 10.2 Å². The molecule has 1 aliphatic heterocycles. The van der Waals surface area contributed by atoms with Crippen molar-refractivity contribution >= 4 is 5.95 Å². The van der Waals surface area contributed by atoms with E-state index in [1.807, 2.05) is 18.5 Å². The first-order valence-corrected chi connectivity index (χ1v) is 7.35. The van der Waals surface area contributed by atoms with Crippen LogP contribution in [0.25, 0.3) is 5.69 Å². The predicted molar refractivity (Wildman–Crippen MR) is 82.4 cm³/mol. The van der Waals surface area contributed by atoms with E-state index in [0.29, 0.717) is 0 Å². The van der Waals surface area contributed by atoms with Gasteiger partial charge in [-0.2, -0.15) is 0 Å². The van der Waals surface area contributed by atoms with Gasteiger partial charge in [-0.25, -0.2) is 4.98 Å². The Morgan fingerprint density at radius 1 is 1.25 bits per heavy atom. The maximum absolute atomic E-state index is 4.53. The summed E-state index contributed by atoms with van der Waals surface area (Å²) >= 11 is 0. The summed E-state index contributed by atoms with van der Waals surface area (Å²) in [4.78, 5) is 6.81. The number of anilines is 1. The molecule has 0 unspecified atom stereocenters. The monoisotopic (exact) mass is 270 g/mol. The molecule has 0 aliphatic carbocycles. The molecule has 0 bridgehead atoms. The minimum atomic E-state index is 0.766. The third-order valence-corrected chi connectivity index (χ3v) is 3.99. The quantitative estimate of drug-likeness (QED) is 0.925. The zero-order valence-corrected chi connectivity index (χ0v) is 12.0. The molecule has 4 heteroatoms. The van der Waals surface area contributed by atoms with Crippen LogP contribution in [-0.2, 0) is 0 Å². The normalized spacial score (nSPS) is 16.2. The SMILES string of the molecule is CN(CC1CCNCC1)c1nccn1-c1ccccc1. The summed E-state index contributed by atoms with van der Waals surface area (Å²) in [5, 5.41) is 3.42. The molecule has 0 spiro atoms.